The van der Waals surface area contributed by atoms with Crippen molar-refractivity contribution in [2.75, 3.05) is 35.6 Å². The van der Waals surface area contributed by atoms with Crippen molar-refractivity contribution in [3.63, 3.8) is 0 Å². The van der Waals surface area contributed by atoms with Gasteiger partial charge >= 0.3 is 0 Å². The number of halogens is 2. The Morgan fingerprint density at radius 2 is 1.91 bits per heavy atom. The molecule has 0 spiro atoms. The van der Waals surface area contributed by atoms with Gasteiger partial charge in [-0.1, -0.05) is 12.1 Å². The first kappa shape index (κ1) is 23.6. The Morgan fingerprint density at radius 3 is 2.56 bits per heavy atom. The highest BCUT2D eigenvalue weighted by Crippen LogP contribution is 2.21. The molecule has 1 unspecified atom stereocenters. The number of amides is 2. The lowest BCUT2D eigenvalue weighted by atomic mass is 10.1. The maximum atomic E-state index is 13.6. The Hall–Kier alpha value is -3.05. The fourth-order valence-corrected chi connectivity index (χ4v) is 4.11. The molecule has 2 amide bonds. The summed E-state index contributed by atoms with van der Waals surface area (Å²) in [5, 5.41) is 5.27. The van der Waals surface area contributed by atoms with Crippen LogP contribution in [0.4, 0.5) is 20.2 Å². The molecule has 0 aliphatic carbocycles. The van der Waals surface area contributed by atoms with E-state index in [2.05, 4.69) is 10.6 Å². The van der Waals surface area contributed by atoms with Crippen LogP contribution in [0.3, 0.4) is 0 Å². The molecule has 172 valence electrons. The molecule has 3 rings (SSSR count). The molecule has 1 saturated heterocycles. The number of hydrogen-bond donors (Lipinski definition) is 2. The van der Waals surface area contributed by atoms with Crippen molar-refractivity contribution in [3.05, 3.63) is 59.7 Å². The summed E-state index contributed by atoms with van der Waals surface area (Å²) in [6.45, 7) is 0.289. The van der Waals surface area contributed by atoms with Crippen LogP contribution >= 0.6 is 0 Å². The number of benzene rings is 2. The van der Waals surface area contributed by atoms with Crippen LogP contribution in [0.1, 0.15) is 23.2 Å². The van der Waals surface area contributed by atoms with Crippen molar-refractivity contribution in [1.29, 1.82) is 0 Å². The van der Waals surface area contributed by atoms with Crippen LogP contribution in [0.25, 0.3) is 0 Å². The second-order valence-electron chi connectivity index (χ2n) is 7.31. The Morgan fingerprint density at radius 1 is 1.16 bits per heavy atom. The molecule has 0 radical (unpaired) electrons. The third-order valence-electron chi connectivity index (χ3n) is 4.84. The number of rotatable bonds is 8. The maximum absolute atomic E-state index is 13.6. The highest BCUT2D eigenvalue weighted by Gasteiger charge is 2.23. The zero-order valence-electron chi connectivity index (χ0n) is 17.3. The van der Waals surface area contributed by atoms with Gasteiger partial charge in [0.1, 0.15) is 6.54 Å². The summed E-state index contributed by atoms with van der Waals surface area (Å²) in [7, 11) is -3.99. The highest BCUT2D eigenvalue weighted by molar-refractivity contribution is 7.92. The number of nitrogens with zero attached hydrogens (tertiary/aromatic N) is 1. The predicted molar refractivity (Wildman–Crippen MR) is 115 cm³/mol. The largest absolute Gasteiger partial charge is 0.376 e. The number of carbonyl (C=O) groups excluding carboxylic acids is 2. The average Bonchev–Trinajstić information content (AvgIpc) is 3.26. The van der Waals surface area contributed by atoms with Gasteiger partial charge in [-0.25, -0.2) is 17.2 Å². The number of anilines is 2. The summed E-state index contributed by atoms with van der Waals surface area (Å²) in [5.74, 6) is -3.57. The zero-order valence-corrected chi connectivity index (χ0v) is 18.1. The minimum atomic E-state index is -3.99. The highest BCUT2D eigenvalue weighted by atomic mass is 32.2. The van der Waals surface area contributed by atoms with Crippen molar-refractivity contribution >= 4 is 33.2 Å². The number of ether oxygens (including phenoxy) is 1. The van der Waals surface area contributed by atoms with E-state index in [-0.39, 0.29) is 23.0 Å². The number of hydrogen-bond acceptors (Lipinski definition) is 5. The molecule has 0 aromatic heterocycles. The Labute approximate surface area is 184 Å². The molecule has 1 fully saturated rings. The fraction of sp³-hybridized carbons (Fsp3) is 0.333. The summed E-state index contributed by atoms with van der Waals surface area (Å²) < 4.78 is 57.2. The summed E-state index contributed by atoms with van der Waals surface area (Å²) in [4.78, 5) is 25.2. The number of para-hydroxylation sites is 1. The van der Waals surface area contributed by atoms with Crippen LogP contribution in [-0.4, -0.2) is 52.3 Å². The fourth-order valence-electron chi connectivity index (χ4n) is 3.26. The molecule has 32 heavy (non-hydrogen) atoms. The van der Waals surface area contributed by atoms with Crippen LogP contribution in [-0.2, 0) is 19.6 Å². The van der Waals surface area contributed by atoms with Gasteiger partial charge in [-0.3, -0.25) is 13.9 Å². The summed E-state index contributed by atoms with van der Waals surface area (Å²) >= 11 is 0. The van der Waals surface area contributed by atoms with E-state index in [0.717, 1.165) is 31.2 Å². The van der Waals surface area contributed by atoms with E-state index in [9.17, 15) is 26.8 Å². The molecule has 2 N–H and O–H groups in total. The van der Waals surface area contributed by atoms with Gasteiger partial charge in [0.05, 0.1) is 29.3 Å². The van der Waals surface area contributed by atoms with Crippen molar-refractivity contribution < 1.29 is 31.5 Å². The molecule has 2 aromatic carbocycles. The first-order valence-corrected chi connectivity index (χ1v) is 11.7. The van der Waals surface area contributed by atoms with E-state index < -0.39 is 40.0 Å². The first-order valence-electron chi connectivity index (χ1n) is 9.86. The molecule has 11 heteroatoms. The number of nitrogens with one attached hydrogen (secondary N) is 2. The lowest BCUT2D eigenvalue weighted by Crippen LogP contribution is -2.38. The second kappa shape index (κ2) is 10.0. The van der Waals surface area contributed by atoms with Gasteiger partial charge in [-0.2, -0.15) is 0 Å². The number of sulfonamides is 1. The Bertz CT molecular complexity index is 1100. The predicted octanol–water partition coefficient (Wildman–Crippen LogP) is 2.28. The zero-order chi connectivity index (χ0) is 23.3. The van der Waals surface area contributed by atoms with Gasteiger partial charge < -0.3 is 15.4 Å². The van der Waals surface area contributed by atoms with Crippen molar-refractivity contribution in [2.24, 2.45) is 0 Å². The van der Waals surface area contributed by atoms with E-state index in [4.69, 9.17) is 4.74 Å². The van der Waals surface area contributed by atoms with Crippen LogP contribution in [0.2, 0.25) is 0 Å². The first-order chi connectivity index (χ1) is 15.1. The molecular formula is C21H23F2N3O5S. The molecule has 0 bridgehead atoms. The van der Waals surface area contributed by atoms with E-state index in [1.54, 1.807) is 12.1 Å². The minimum absolute atomic E-state index is 0.0554. The molecule has 1 aliphatic heterocycles. The van der Waals surface area contributed by atoms with Crippen LogP contribution in [0, 0.1) is 11.6 Å². The molecule has 1 aliphatic rings. The average molecular weight is 467 g/mol. The number of carbonyl (C=O) groups is 2. The van der Waals surface area contributed by atoms with Crippen LogP contribution in [0.5, 0.6) is 0 Å². The van der Waals surface area contributed by atoms with Crippen LogP contribution < -0.4 is 14.9 Å². The summed E-state index contributed by atoms with van der Waals surface area (Å²) in [5.41, 5.74) is 0.169. The monoisotopic (exact) mass is 467 g/mol. The molecule has 1 atom stereocenters. The van der Waals surface area contributed by atoms with Gasteiger partial charge in [0.2, 0.25) is 15.9 Å². The third-order valence-corrected chi connectivity index (χ3v) is 5.98. The molecule has 0 saturated carbocycles. The van der Waals surface area contributed by atoms with Crippen molar-refractivity contribution in [3.8, 4) is 0 Å². The van der Waals surface area contributed by atoms with Gasteiger partial charge in [0.15, 0.2) is 11.6 Å². The normalized spacial score (nSPS) is 15.9. The second-order valence-corrected chi connectivity index (χ2v) is 9.21. The van der Waals surface area contributed by atoms with E-state index in [1.807, 2.05) is 0 Å². The maximum Gasteiger partial charge on any atom is 0.253 e. The van der Waals surface area contributed by atoms with Crippen LogP contribution in [0.15, 0.2) is 42.5 Å². The lowest BCUT2D eigenvalue weighted by Gasteiger charge is -2.22. The van der Waals surface area contributed by atoms with Gasteiger partial charge in [0, 0.05) is 19.2 Å². The summed E-state index contributed by atoms with van der Waals surface area (Å²) in [6, 6.07) is 8.77. The van der Waals surface area contributed by atoms with Gasteiger partial charge in [0.25, 0.3) is 5.91 Å². The van der Waals surface area contributed by atoms with E-state index in [0.29, 0.717) is 23.5 Å². The SMILES string of the molecule is CS(=O)(=O)N(CC(=O)Nc1ccccc1C(=O)NCC1CCCO1)c1ccc(F)c(F)c1. The molecule has 1 heterocycles. The van der Waals surface area contributed by atoms with E-state index in [1.165, 1.54) is 12.1 Å². The van der Waals surface area contributed by atoms with Crippen molar-refractivity contribution in [1.82, 2.24) is 5.32 Å². The Kier molecular flexibility index (Phi) is 7.41. The Balaban J connectivity index is 1.72. The van der Waals surface area contributed by atoms with E-state index >= 15 is 0 Å². The third kappa shape index (κ3) is 6.01. The smallest absolute Gasteiger partial charge is 0.253 e. The topological polar surface area (TPSA) is 105 Å². The van der Waals surface area contributed by atoms with Gasteiger partial charge in [-0.05, 0) is 37.1 Å². The van der Waals surface area contributed by atoms with Gasteiger partial charge in [-0.15, -0.1) is 0 Å². The molecule has 2 aromatic rings. The van der Waals surface area contributed by atoms with Crippen molar-refractivity contribution in [2.45, 2.75) is 18.9 Å². The minimum Gasteiger partial charge on any atom is -0.376 e. The standard InChI is InChI=1S/C21H23F2N3O5S/c1-32(29,30)26(14-8-9-17(22)18(23)11-14)13-20(27)25-19-7-3-2-6-16(19)21(28)24-12-15-5-4-10-31-15/h2-3,6-9,11,15H,4-5,10,12-13H2,1H3,(H,24,28)(H,25,27). The summed E-state index contributed by atoms with van der Waals surface area (Å²) in [6.07, 6.45) is 2.57. The quantitative estimate of drug-likeness (QED) is 0.620. The molecular weight excluding hydrogens is 444 g/mol. The molecule has 8 nitrogen and oxygen atoms in total. The lowest BCUT2D eigenvalue weighted by molar-refractivity contribution is -0.114.